The number of hydrogen-bond donors (Lipinski definition) is 1. The average Bonchev–Trinajstić information content (AvgIpc) is 2.72. The van der Waals surface area contributed by atoms with E-state index in [1.54, 1.807) is 4.90 Å². The van der Waals surface area contributed by atoms with Crippen molar-refractivity contribution in [3.63, 3.8) is 0 Å². The van der Waals surface area contributed by atoms with E-state index in [0.717, 1.165) is 10.0 Å². The minimum atomic E-state index is -6.72. The molecule has 0 spiro atoms. The molecule has 0 aromatic heterocycles. The number of nitrogens with zero attached hydrogens (tertiary/aromatic N) is 1. The van der Waals surface area contributed by atoms with Crippen molar-refractivity contribution in [2.75, 3.05) is 20.1 Å². The highest BCUT2D eigenvalue weighted by Crippen LogP contribution is 2.36. The zero-order valence-electron chi connectivity index (χ0n) is 12.8. The van der Waals surface area contributed by atoms with Crippen LogP contribution in [-0.2, 0) is 20.0 Å². The first kappa shape index (κ1) is 23.4. The second kappa shape index (κ2) is 8.19. The molecule has 0 aromatic carbocycles. The summed E-state index contributed by atoms with van der Waals surface area (Å²) in [6, 6.07) is 0. The molecule has 0 aliphatic carbocycles. The van der Waals surface area contributed by atoms with Crippen molar-refractivity contribution in [3.8, 4) is 0 Å². The van der Waals surface area contributed by atoms with Crippen molar-refractivity contribution in [1.82, 2.24) is 0 Å². The Morgan fingerprint density at radius 2 is 1.42 bits per heavy atom. The minimum Gasteiger partial charge on any atom is -0.421 e. The fourth-order valence-corrected chi connectivity index (χ4v) is 3.73. The van der Waals surface area contributed by atoms with Crippen LogP contribution in [0.5, 0.6) is 0 Å². The number of halogens is 6. The summed E-state index contributed by atoms with van der Waals surface area (Å²) in [5, 5.41) is 0. The van der Waals surface area contributed by atoms with E-state index in [1.807, 2.05) is 0 Å². The summed E-state index contributed by atoms with van der Waals surface area (Å²) in [6.07, 6.45) is 4.30. The lowest BCUT2D eigenvalue weighted by molar-refractivity contribution is -0.867. The Balaban J connectivity index is 0.000000496. The van der Waals surface area contributed by atoms with E-state index < -0.39 is 31.1 Å². The topological polar surface area (TPSA) is 86.8 Å². The van der Waals surface area contributed by atoms with Crippen LogP contribution in [0.15, 0.2) is 0 Å². The Bertz CT molecular complexity index is 556. The number of alkyl halides is 6. The molecule has 2 unspecified atom stereocenters. The molecule has 0 aromatic rings. The summed E-state index contributed by atoms with van der Waals surface area (Å²) in [7, 11) is -11.1. The summed E-state index contributed by atoms with van der Waals surface area (Å²) in [6.45, 7) is 5.12. The molecule has 0 saturated carbocycles. The first-order chi connectivity index (χ1) is 10.5. The quantitative estimate of drug-likeness (QED) is 0.712. The molecule has 24 heavy (non-hydrogen) atoms. The first-order valence-corrected chi connectivity index (χ1v) is 9.59. The summed E-state index contributed by atoms with van der Waals surface area (Å²) in [4.78, 5) is 1.73. The van der Waals surface area contributed by atoms with Gasteiger partial charge in [-0.25, -0.2) is 16.8 Å². The molecule has 0 radical (unpaired) electrons. The third-order valence-corrected chi connectivity index (χ3v) is 5.83. The summed E-state index contributed by atoms with van der Waals surface area (Å²) >= 11 is 0. The summed E-state index contributed by atoms with van der Waals surface area (Å²) in [5.41, 5.74) is -12.4. The van der Waals surface area contributed by atoms with Gasteiger partial charge in [-0.05, 0) is 6.42 Å². The zero-order valence-corrected chi connectivity index (χ0v) is 14.4. The van der Waals surface area contributed by atoms with Gasteiger partial charge in [0.15, 0.2) is 20.0 Å². The van der Waals surface area contributed by atoms with Crippen molar-refractivity contribution >= 4 is 20.0 Å². The summed E-state index contributed by atoms with van der Waals surface area (Å²) < 4.78 is 109. The standard InChI is InChI=1S/C8H17N.C2F6NO4S2/c1-3-4-8-5-6-9(2)7-8;3-1(4,5)14(10,11)9-15(12,13)2(6,7)8/h8H,3-7H2,1-2H3;/q;-1/p+1. The highest BCUT2D eigenvalue weighted by Gasteiger charge is 2.46. The van der Waals surface area contributed by atoms with Crippen molar-refractivity contribution in [2.45, 2.75) is 37.2 Å². The van der Waals surface area contributed by atoms with Gasteiger partial charge in [0.1, 0.15) is 0 Å². The zero-order chi connectivity index (χ0) is 19.4. The van der Waals surface area contributed by atoms with Crippen LogP contribution in [0.2, 0.25) is 0 Å². The second-order valence-corrected chi connectivity index (χ2v) is 8.69. The molecule has 1 N–H and O–H groups in total. The van der Waals surface area contributed by atoms with Gasteiger partial charge in [-0.1, -0.05) is 13.3 Å². The Morgan fingerprint density at radius 3 is 1.67 bits per heavy atom. The summed E-state index contributed by atoms with van der Waals surface area (Å²) in [5.74, 6) is 1.05. The van der Waals surface area contributed by atoms with Gasteiger partial charge in [0.2, 0.25) is 0 Å². The van der Waals surface area contributed by atoms with E-state index in [2.05, 4.69) is 14.0 Å². The van der Waals surface area contributed by atoms with E-state index >= 15 is 0 Å². The lowest BCUT2D eigenvalue weighted by Gasteiger charge is -2.22. The maximum atomic E-state index is 11.4. The maximum absolute atomic E-state index is 11.4. The van der Waals surface area contributed by atoms with Gasteiger partial charge in [-0.2, -0.15) is 26.3 Å². The maximum Gasteiger partial charge on any atom is 0.480 e. The molecular weight excluding hydrogens is 390 g/mol. The van der Waals surface area contributed by atoms with Crippen molar-refractivity contribution < 1.29 is 48.1 Å². The van der Waals surface area contributed by atoms with E-state index in [4.69, 9.17) is 0 Å². The lowest BCUT2D eigenvalue weighted by Crippen LogP contribution is -3.07. The second-order valence-electron chi connectivity index (χ2n) is 5.27. The molecule has 1 aliphatic heterocycles. The molecule has 2 atom stereocenters. The number of nitrogens with one attached hydrogen (secondary N) is 1. The Labute approximate surface area is 136 Å². The molecule has 0 amide bonds. The first-order valence-electron chi connectivity index (χ1n) is 6.71. The van der Waals surface area contributed by atoms with Gasteiger partial charge in [0.25, 0.3) is 0 Å². The number of likely N-dealkylation sites (tertiary alicyclic amines) is 1. The number of sulfonamides is 2. The van der Waals surface area contributed by atoms with Crippen molar-refractivity contribution in [2.24, 2.45) is 5.92 Å². The lowest BCUT2D eigenvalue weighted by atomic mass is 10.0. The number of hydrogen-bond acceptors (Lipinski definition) is 4. The van der Waals surface area contributed by atoms with Gasteiger partial charge in [0, 0.05) is 12.3 Å². The van der Waals surface area contributed by atoms with Crippen molar-refractivity contribution in [3.05, 3.63) is 4.13 Å². The molecule has 14 heteroatoms. The number of rotatable bonds is 4. The van der Waals surface area contributed by atoms with Crippen LogP contribution in [0, 0.1) is 5.92 Å². The molecular formula is C10H18F6N2O4S2. The van der Waals surface area contributed by atoms with Crippen LogP contribution in [0.4, 0.5) is 26.3 Å². The molecule has 0 bridgehead atoms. The Morgan fingerprint density at radius 1 is 1.00 bits per heavy atom. The van der Waals surface area contributed by atoms with Crippen LogP contribution in [-0.4, -0.2) is 48.0 Å². The van der Waals surface area contributed by atoms with E-state index in [9.17, 15) is 43.2 Å². The van der Waals surface area contributed by atoms with E-state index in [0.29, 0.717) is 0 Å². The molecule has 1 fully saturated rings. The van der Waals surface area contributed by atoms with Gasteiger partial charge in [0.05, 0.1) is 20.1 Å². The van der Waals surface area contributed by atoms with Crippen LogP contribution in [0.3, 0.4) is 0 Å². The highest BCUT2D eigenvalue weighted by atomic mass is 32.3. The Hall–Kier alpha value is -0.600. The van der Waals surface area contributed by atoms with Gasteiger partial charge >= 0.3 is 11.0 Å². The number of quaternary nitrogens is 1. The van der Waals surface area contributed by atoms with Gasteiger partial charge in [-0.3, -0.25) is 0 Å². The predicted octanol–water partition coefficient (Wildman–Crippen LogP) is 1.38. The van der Waals surface area contributed by atoms with E-state index in [1.165, 1.54) is 32.4 Å². The largest absolute Gasteiger partial charge is 0.480 e. The molecule has 146 valence electrons. The molecule has 1 heterocycles. The van der Waals surface area contributed by atoms with Crippen molar-refractivity contribution in [1.29, 1.82) is 0 Å². The normalized spacial score (nSPS) is 22.8. The third-order valence-electron chi connectivity index (χ3n) is 3.09. The monoisotopic (exact) mass is 408 g/mol. The molecule has 6 nitrogen and oxygen atoms in total. The van der Waals surface area contributed by atoms with Crippen LogP contribution in [0.1, 0.15) is 26.2 Å². The third kappa shape index (κ3) is 7.11. The van der Waals surface area contributed by atoms with Gasteiger partial charge in [-0.15, -0.1) is 0 Å². The average molecular weight is 408 g/mol. The fraction of sp³-hybridized carbons (Fsp3) is 1.00. The van der Waals surface area contributed by atoms with Crippen LogP contribution >= 0.6 is 0 Å². The van der Waals surface area contributed by atoms with Crippen LogP contribution < -0.4 is 4.90 Å². The Kier molecular flexibility index (Phi) is 7.98. The van der Waals surface area contributed by atoms with Crippen LogP contribution in [0.25, 0.3) is 4.13 Å². The smallest absolute Gasteiger partial charge is 0.421 e. The minimum absolute atomic E-state index is 0.778. The van der Waals surface area contributed by atoms with E-state index in [-0.39, 0.29) is 0 Å². The molecule has 1 rings (SSSR count). The van der Waals surface area contributed by atoms with Gasteiger partial charge < -0.3 is 9.03 Å². The molecule has 1 aliphatic rings. The highest BCUT2D eigenvalue weighted by molar-refractivity contribution is 8.13. The predicted molar refractivity (Wildman–Crippen MR) is 72.9 cm³/mol. The molecule has 1 saturated heterocycles. The fourth-order valence-electron chi connectivity index (χ4n) is 2.02. The SMILES string of the molecule is CCCC1CC[NH+](C)C1.O=S(=O)([N-]S(=O)(=O)C(F)(F)F)C(F)(F)F.